The lowest BCUT2D eigenvalue weighted by molar-refractivity contribution is -0.114. The molecule has 6 rings (SSSR count). The lowest BCUT2D eigenvalue weighted by Gasteiger charge is -2.30. The molecule has 1 amide bonds. The Balaban J connectivity index is 1.01. The van der Waals surface area contributed by atoms with Crippen LogP contribution in [0.4, 0.5) is 10.1 Å². The number of benzene rings is 4. The molecule has 45 heavy (non-hydrogen) atoms. The van der Waals surface area contributed by atoms with Crippen LogP contribution in [0.2, 0.25) is 5.02 Å². The summed E-state index contributed by atoms with van der Waals surface area (Å²) < 4.78 is 14.2. The van der Waals surface area contributed by atoms with E-state index in [2.05, 4.69) is 0 Å². The van der Waals surface area contributed by atoms with Gasteiger partial charge < -0.3 is 4.90 Å². The van der Waals surface area contributed by atoms with Crippen LogP contribution in [0.5, 0.6) is 0 Å². The minimum Gasteiger partial charge on any atom is -0.302 e. The van der Waals surface area contributed by atoms with E-state index in [9.17, 15) is 14.0 Å². The quantitative estimate of drug-likeness (QED) is 0.0986. The number of rotatable bonds is 10. The van der Waals surface area contributed by atoms with Gasteiger partial charge in [0.1, 0.15) is 5.82 Å². The topological polar surface area (TPSA) is 37.4 Å². The highest BCUT2D eigenvalue weighted by Gasteiger charge is 2.29. The molecule has 0 aromatic heterocycles. The van der Waals surface area contributed by atoms with Crippen molar-refractivity contribution in [3.05, 3.63) is 135 Å². The Labute approximate surface area is 274 Å². The van der Waals surface area contributed by atoms with Gasteiger partial charge in [-0.2, -0.15) is 0 Å². The van der Waals surface area contributed by atoms with Gasteiger partial charge in [-0.3, -0.25) is 9.59 Å². The van der Waals surface area contributed by atoms with Crippen molar-refractivity contribution in [1.82, 2.24) is 0 Å². The van der Waals surface area contributed by atoms with Crippen molar-refractivity contribution in [3.8, 4) is 0 Å². The number of hydrogen-bond donors (Lipinski definition) is 0. The Morgan fingerprint density at radius 3 is 2.42 bits per heavy atom. The number of carbonyl (C=O) groups is 2. The summed E-state index contributed by atoms with van der Waals surface area (Å²) in [5.74, 6) is 1.03. The number of nitrogens with zero attached hydrogens (tertiary/aromatic N) is 1. The Morgan fingerprint density at radius 1 is 0.889 bits per heavy atom. The second-order valence-electron chi connectivity index (χ2n) is 12.1. The molecule has 0 atom stereocenters. The molecule has 0 bridgehead atoms. The van der Waals surface area contributed by atoms with Gasteiger partial charge in [0.2, 0.25) is 0 Å². The zero-order valence-corrected chi connectivity index (χ0v) is 26.8. The number of thioether (sulfide) groups is 1. The maximum absolute atomic E-state index is 14.2. The zero-order valence-electron chi connectivity index (χ0n) is 25.3. The third-order valence-electron chi connectivity index (χ3n) is 9.05. The molecule has 3 nitrogen and oxygen atoms in total. The second kappa shape index (κ2) is 14.6. The minimum atomic E-state index is -0.0761. The number of Topliss-reactive ketones (excluding diaryl/α,β-unsaturated/α-hetero) is 1. The first-order chi connectivity index (χ1) is 21.9. The summed E-state index contributed by atoms with van der Waals surface area (Å²) in [4.78, 5) is 30.0. The molecule has 0 spiro atoms. The predicted molar refractivity (Wildman–Crippen MR) is 183 cm³/mol. The maximum atomic E-state index is 14.2. The van der Waals surface area contributed by atoms with Crippen molar-refractivity contribution in [2.45, 2.75) is 68.7 Å². The van der Waals surface area contributed by atoms with Gasteiger partial charge in [0.25, 0.3) is 5.91 Å². The normalized spacial score (nSPS) is 19.0. The minimum absolute atomic E-state index is 0.0560. The summed E-state index contributed by atoms with van der Waals surface area (Å²) in [5.41, 5.74) is 4.32. The Morgan fingerprint density at radius 2 is 1.64 bits per heavy atom. The van der Waals surface area contributed by atoms with Crippen LogP contribution in [0, 0.1) is 11.7 Å². The Hall–Kier alpha value is -3.67. The number of anilines is 1. The summed E-state index contributed by atoms with van der Waals surface area (Å²) in [6, 6.07) is 30.3. The maximum Gasteiger partial charge on any atom is 0.265 e. The van der Waals surface area contributed by atoms with Crippen molar-refractivity contribution >= 4 is 46.8 Å². The van der Waals surface area contributed by atoms with Crippen LogP contribution in [0.25, 0.3) is 6.08 Å². The van der Waals surface area contributed by atoms with Crippen molar-refractivity contribution in [1.29, 1.82) is 0 Å². The number of halogens is 2. The third kappa shape index (κ3) is 7.77. The van der Waals surface area contributed by atoms with Crippen LogP contribution in [0.15, 0.2) is 107 Å². The molecular weight excluding hydrogens is 601 g/mol. The number of fused-ring (bicyclic) bond motifs is 1. The van der Waals surface area contributed by atoms with Gasteiger partial charge in [-0.05, 0) is 97.0 Å². The molecule has 4 aromatic rings. The first-order valence-electron chi connectivity index (χ1n) is 15.9. The molecule has 2 aliphatic rings. The van der Waals surface area contributed by atoms with Crippen LogP contribution < -0.4 is 4.90 Å². The van der Waals surface area contributed by atoms with Crippen molar-refractivity contribution < 1.29 is 14.0 Å². The Bertz CT molecular complexity index is 1690. The molecule has 0 N–H and O–H groups in total. The van der Waals surface area contributed by atoms with E-state index in [0.717, 1.165) is 72.2 Å². The lowest BCUT2D eigenvalue weighted by Crippen LogP contribution is -2.33. The summed E-state index contributed by atoms with van der Waals surface area (Å²) >= 11 is 7.68. The molecule has 1 aliphatic carbocycles. The van der Waals surface area contributed by atoms with E-state index >= 15 is 0 Å². The van der Waals surface area contributed by atoms with E-state index in [4.69, 9.17) is 11.6 Å². The summed E-state index contributed by atoms with van der Waals surface area (Å²) in [6.45, 7) is 0.427. The van der Waals surface area contributed by atoms with Crippen LogP contribution >= 0.6 is 23.4 Å². The van der Waals surface area contributed by atoms with E-state index in [1.54, 1.807) is 17.0 Å². The molecule has 1 aliphatic heterocycles. The van der Waals surface area contributed by atoms with E-state index in [0.29, 0.717) is 40.3 Å². The summed E-state index contributed by atoms with van der Waals surface area (Å²) in [5, 5.41) is 0.644. The number of amides is 1. The van der Waals surface area contributed by atoms with Crippen LogP contribution in [-0.2, 0) is 11.3 Å². The van der Waals surface area contributed by atoms with Gasteiger partial charge in [0.05, 0.1) is 17.1 Å². The first kappa shape index (κ1) is 31.3. The van der Waals surface area contributed by atoms with Gasteiger partial charge in [-0.1, -0.05) is 103 Å². The molecule has 0 saturated heterocycles. The SMILES string of the molecule is O=C(CCCCC1CCC(c2ccccc2F)CC1)c1ccc(/C=C2/Sc3ccccc3N(Cc3cccc(Cl)c3)C2=O)cc1. The average molecular weight is 638 g/mol. The zero-order chi connectivity index (χ0) is 31.2. The van der Waals surface area contributed by atoms with Gasteiger partial charge >= 0.3 is 0 Å². The lowest BCUT2D eigenvalue weighted by atomic mass is 9.77. The fourth-order valence-electron chi connectivity index (χ4n) is 6.58. The molecular formula is C39H37ClFNO2S. The highest BCUT2D eigenvalue weighted by Crippen LogP contribution is 2.43. The van der Waals surface area contributed by atoms with Gasteiger partial charge in [-0.15, -0.1) is 0 Å². The number of hydrogen-bond acceptors (Lipinski definition) is 3. The fourth-order valence-corrected chi connectivity index (χ4v) is 7.86. The largest absolute Gasteiger partial charge is 0.302 e. The molecule has 230 valence electrons. The van der Waals surface area contributed by atoms with Gasteiger partial charge in [0.15, 0.2) is 5.78 Å². The number of para-hydroxylation sites is 1. The highest BCUT2D eigenvalue weighted by molar-refractivity contribution is 8.04. The number of ketones is 1. The van der Waals surface area contributed by atoms with Crippen molar-refractivity contribution in [2.24, 2.45) is 5.92 Å². The molecule has 0 unspecified atom stereocenters. The van der Waals surface area contributed by atoms with Crippen molar-refractivity contribution in [3.63, 3.8) is 0 Å². The summed E-state index contributed by atoms with van der Waals surface area (Å²) in [7, 11) is 0. The highest BCUT2D eigenvalue weighted by atomic mass is 35.5. The van der Waals surface area contributed by atoms with E-state index in [1.165, 1.54) is 11.8 Å². The summed E-state index contributed by atoms with van der Waals surface area (Å²) in [6.07, 6.45) is 9.85. The molecule has 6 heteroatoms. The van der Waals surface area contributed by atoms with E-state index < -0.39 is 0 Å². The Kier molecular flexibility index (Phi) is 10.2. The van der Waals surface area contributed by atoms with Gasteiger partial charge in [0, 0.05) is 21.9 Å². The monoisotopic (exact) mass is 637 g/mol. The van der Waals surface area contributed by atoms with Crippen LogP contribution in [0.1, 0.15) is 84.3 Å². The molecule has 1 heterocycles. The predicted octanol–water partition coefficient (Wildman–Crippen LogP) is 10.9. The fraction of sp³-hybridized carbons (Fsp3) is 0.282. The molecule has 1 fully saturated rings. The molecule has 1 saturated carbocycles. The van der Waals surface area contributed by atoms with Crippen LogP contribution in [0.3, 0.4) is 0 Å². The van der Waals surface area contributed by atoms with Crippen molar-refractivity contribution in [2.75, 3.05) is 4.90 Å². The first-order valence-corrected chi connectivity index (χ1v) is 17.1. The number of carbonyl (C=O) groups excluding carboxylic acids is 2. The standard InChI is InChI=1S/C39H37ClFNO2S/c40-32-10-7-9-29(24-32)26-42-35-13-4-6-15-37(35)45-38(39(42)44)25-28-18-22-31(23-19-28)36(43)14-5-1-8-27-16-20-30(21-17-27)33-11-2-3-12-34(33)41/h2-4,6-7,9-13,15,18-19,22-25,27,30H,1,5,8,14,16-17,20-21,26H2/b38-25+. The molecule has 0 radical (unpaired) electrons. The van der Waals surface area contributed by atoms with E-state index in [-0.39, 0.29) is 17.5 Å². The van der Waals surface area contributed by atoms with E-state index in [1.807, 2.05) is 91.0 Å². The molecule has 4 aromatic carbocycles. The average Bonchev–Trinajstić information content (AvgIpc) is 3.06. The third-order valence-corrected chi connectivity index (χ3v) is 10.4. The van der Waals surface area contributed by atoms with Gasteiger partial charge in [-0.25, -0.2) is 4.39 Å². The second-order valence-corrected chi connectivity index (χ2v) is 13.6. The van der Waals surface area contributed by atoms with Crippen LogP contribution in [-0.4, -0.2) is 11.7 Å². The number of unbranched alkanes of at least 4 members (excludes halogenated alkanes) is 1. The smallest absolute Gasteiger partial charge is 0.265 e.